The number of urea groups is 1. The summed E-state index contributed by atoms with van der Waals surface area (Å²) in [7, 11) is 0. The third-order valence-corrected chi connectivity index (χ3v) is 3.99. The molecule has 3 aromatic rings. The maximum absolute atomic E-state index is 12.6. The van der Waals surface area contributed by atoms with Crippen LogP contribution in [0.4, 0.5) is 16.2 Å². The third-order valence-electron chi connectivity index (χ3n) is 3.33. The monoisotopic (exact) mass is 396 g/mol. The van der Waals surface area contributed by atoms with Crippen molar-refractivity contribution in [2.75, 3.05) is 10.6 Å². The van der Waals surface area contributed by atoms with Crippen molar-refractivity contribution in [2.45, 2.75) is 6.92 Å². The number of pyridine rings is 1. The van der Waals surface area contributed by atoms with Crippen molar-refractivity contribution in [2.24, 2.45) is 0 Å². The number of hydrogen-bond acceptors (Lipinski definition) is 3. The largest absolute Gasteiger partial charge is 0.323 e. The Labute approximate surface area is 157 Å². The minimum absolute atomic E-state index is 0.0467. The van der Waals surface area contributed by atoms with Crippen molar-refractivity contribution in [1.82, 2.24) is 9.38 Å². The number of hydrogen-bond donors (Lipinski definition) is 2. The molecule has 2 aromatic heterocycles. The van der Waals surface area contributed by atoms with Gasteiger partial charge in [-0.1, -0.05) is 34.8 Å². The van der Waals surface area contributed by atoms with Crippen LogP contribution in [0, 0.1) is 6.92 Å². The molecule has 0 aliphatic heterocycles. The first-order valence-corrected chi connectivity index (χ1v) is 8.19. The molecule has 25 heavy (non-hydrogen) atoms. The number of aromatic nitrogens is 2. The first kappa shape index (κ1) is 17.5. The van der Waals surface area contributed by atoms with E-state index < -0.39 is 11.6 Å². The van der Waals surface area contributed by atoms with Gasteiger partial charge >= 0.3 is 6.03 Å². The lowest BCUT2D eigenvalue weighted by Gasteiger charge is -2.11. The van der Waals surface area contributed by atoms with Gasteiger partial charge in [-0.15, -0.1) is 0 Å². The third kappa shape index (κ3) is 3.87. The Kier molecular flexibility index (Phi) is 4.85. The van der Waals surface area contributed by atoms with Crippen LogP contribution >= 0.6 is 34.8 Å². The van der Waals surface area contributed by atoms with Crippen molar-refractivity contribution in [3.05, 3.63) is 67.6 Å². The van der Waals surface area contributed by atoms with Gasteiger partial charge in [-0.3, -0.25) is 9.20 Å². The Bertz CT molecular complexity index is 1030. The number of halogens is 3. The zero-order chi connectivity index (χ0) is 18.1. The summed E-state index contributed by atoms with van der Waals surface area (Å²) < 4.78 is 1.27. The van der Waals surface area contributed by atoms with E-state index in [0.717, 1.165) is 0 Å². The van der Waals surface area contributed by atoms with Gasteiger partial charge in [0.15, 0.2) is 0 Å². The number of nitrogens with zero attached hydrogens (tertiary/aromatic N) is 2. The van der Waals surface area contributed by atoms with E-state index in [1.165, 1.54) is 22.7 Å². The van der Waals surface area contributed by atoms with Crippen molar-refractivity contribution in [1.29, 1.82) is 0 Å². The Morgan fingerprint density at radius 1 is 1.04 bits per heavy atom. The van der Waals surface area contributed by atoms with Crippen LogP contribution in [0.2, 0.25) is 15.1 Å². The number of nitrogens with one attached hydrogen (secondary N) is 2. The van der Waals surface area contributed by atoms with Crippen molar-refractivity contribution in [3.63, 3.8) is 0 Å². The van der Waals surface area contributed by atoms with E-state index in [0.29, 0.717) is 32.1 Å². The van der Waals surface area contributed by atoms with Crippen LogP contribution in [-0.4, -0.2) is 15.4 Å². The fourth-order valence-electron chi connectivity index (χ4n) is 2.27. The highest BCUT2D eigenvalue weighted by Crippen LogP contribution is 2.22. The minimum Gasteiger partial charge on any atom is -0.308 e. The van der Waals surface area contributed by atoms with Gasteiger partial charge in [0, 0.05) is 21.9 Å². The smallest absolute Gasteiger partial charge is 0.308 e. The first-order chi connectivity index (χ1) is 11.8. The number of rotatable bonds is 2. The molecule has 0 aliphatic rings. The van der Waals surface area contributed by atoms with E-state index in [2.05, 4.69) is 15.6 Å². The van der Waals surface area contributed by atoms with E-state index in [4.69, 9.17) is 34.8 Å². The second-order valence-electron chi connectivity index (χ2n) is 5.19. The van der Waals surface area contributed by atoms with Crippen LogP contribution in [0.5, 0.6) is 0 Å². The summed E-state index contributed by atoms with van der Waals surface area (Å²) in [6.45, 7) is 1.63. The van der Waals surface area contributed by atoms with Gasteiger partial charge in [0.1, 0.15) is 11.3 Å². The normalized spacial score (nSPS) is 10.7. The predicted molar refractivity (Wildman–Crippen MR) is 100 cm³/mol. The average Bonchev–Trinajstić information content (AvgIpc) is 2.51. The maximum Gasteiger partial charge on any atom is 0.323 e. The van der Waals surface area contributed by atoms with E-state index in [1.54, 1.807) is 25.1 Å². The van der Waals surface area contributed by atoms with Crippen LogP contribution in [0.3, 0.4) is 0 Å². The fraction of sp³-hybridized carbons (Fsp3) is 0.0625. The van der Waals surface area contributed by atoms with Crippen LogP contribution in [0.1, 0.15) is 5.69 Å². The van der Waals surface area contributed by atoms with Gasteiger partial charge in [0.25, 0.3) is 5.56 Å². The van der Waals surface area contributed by atoms with E-state index in [9.17, 15) is 9.59 Å². The molecule has 0 aliphatic carbocycles. The van der Waals surface area contributed by atoms with Gasteiger partial charge in [-0.2, -0.15) is 0 Å². The highest BCUT2D eigenvalue weighted by molar-refractivity contribution is 6.35. The fourth-order valence-corrected chi connectivity index (χ4v) is 2.96. The number of benzene rings is 1. The first-order valence-electron chi connectivity index (χ1n) is 7.06. The summed E-state index contributed by atoms with van der Waals surface area (Å²) in [5, 5.41) is 6.20. The second-order valence-corrected chi connectivity index (χ2v) is 6.50. The number of aryl methyl sites for hydroxylation is 1. The zero-order valence-electron chi connectivity index (χ0n) is 12.8. The summed E-state index contributed by atoms with van der Waals surface area (Å²) in [5.74, 6) is 0. The lowest BCUT2D eigenvalue weighted by atomic mass is 10.3. The minimum atomic E-state index is -0.623. The van der Waals surface area contributed by atoms with Crippen LogP contribution in [0.15, 0.2) is 41.3 Å². The lowest BCUT2D eigenvalue weighted by molar-refractivity contribution is 0.262. The summed E-state index contributed by atoms with van der Waals surface area (Å²) in [6, 6.07) is 7.23. The summed E-state index contributed by atoms with van der Waals surface area (Å²) in [4.78, 5) is 29.1. The van der Waals surface area contributed by atoms with E-state index in [-0.39, 0.29) is 5.69 Å². The quantitative estimate of drug-likeness (QED) is 0.663. The molecule has 6 nitrogen and oxygen atoms in total. The molecule has 0 fully saturated rings. The summed E-state index contributed by atoms with van der Waals surface area (Å²) in [5.41, 5.74) is 0.810. The second kappa shape index (κ2) is 6.92. The van der Waals surface area contributed by atoms with Gasteiger partial charge < -0.3 is 10.6 Å². The summed E-state index contributed by atoms with van der Waals surface area (Å²) >= 11 is 17.7. The number of amides is 2. The maximum atomic E-state index is 12.6. The molecular weight excluding hydrogens is 387 g/mol. The molecule has 2 heterocycles. The lowest BCUT2D eigenvalue weighted by Crippen LogP contribution is -2.27. The Morgan fingerprint density at radius 3 is 2.40 bits per heavy atom. The Balaban J connectivity index is 1.92. The molecule has 0 saturated heterocycles. The molecule has 128 valence electrons. The van der Waals surface area contributed by atoms with Gasteiger partial charge in [-0.25, -0.2) is 9.78 Å². The molecule has 0 saturated carbocycles. The molecule has 0 bridgehead atoms. The predicted octanol–water partition coefficient (Wildman–Crippen LogP) is 4.61. The summed E-state index contributed by atoms with van der Waals surface area (Å²) in [6.07, 6.45) is 1.44. The molecular formula is C16H11Cl3N4O2. The van der Waals surface area contributed by atoms with Crippen molar-refractivity contribution >= 4 is 57.9 Å². The number of anilines is 2. The number of carbonyl (C=O) groups is 1. The Morgan fingerprint density at radius 2 is 1.72 bits per heavy atom. The van der Waals surface area contributed by atoms with Crippen molar-refractivity contribution < 1.29 is 4.79 Å². The van der Waals surface area contributed by atoms with Gasteiger partial charge in [-0.05, 0) is 37.3 Å². The molecule has 2 amide bonds. The number of carbonyl (C=O) groups excluding carboxylic acids is 1. The zero-order valence-corrected chi connectivity index (χ0v) is 15.1. The van der Waals surface area contributed by atoms with Crippen LogP contribution in [-0.2, 0) is 0 Å². The SMILES string of the molecule is Cc1nc2ccc(Cl)cn2c(=O)c1NC(=O)Nc1cc(Cl)cc(Cl)c1. The Hall–Kier alpha value is -2.28. The highest BCUT2D eigenvalue weighted by atomic mass is 35.5. The van der Waals surface area contributed by atoms with Gasteiger partial charge in [0.05, 0.1) is 10.7 Å². The molecule has 0 atom stereocenters. The molecule has 0 unspecified atom stereocenters. The molecule has 0 radical (unpaired) electrons. The van der Waals surface area contributed by atoms with E-state index >= 15 is 0 Å². The molecule has 3 rings (SSSR count). The average molecular weight is 398 g/mol. The molecule has 9 heteroatoms. The van der Waals surface area contributed by atoms with Crippen LogP contribution < -0.4 is 16.2 Å². The number of fused-ring (bicyclic) bond motifs is 1. The highest BCUT2D eigenvalue weighted by Gasteiger charge is 2.13. The molecule has 1 aromatic carbocycles. The van der Waals surface area contributed by atoms with Gasteiger partial charge in [0.2, 0.25) is 0 Å². The van der Waals surface area contributed by atoms with Crippen LogP contribution in [0.25, 0.3) is 5.65 Å². The van der Waals surface area contributed by atoms with E-state index in [1.807, 2.05) is 0 Å². The van der Waals surface area contributed by atoms with Crippen molar-refractivity contribution in [3.8, 4) is 0 Å². The topological polar surface area (TPSA) is 75.5 Å². The molecule has 2 N–H and O–H groups in total. The standard InChI is InChI=1S/C16H11Cl3N4O2/c1-8-14(15(24)23-7-9(17)2-3-13(23)20-8)22-16(25)21-12-5-10(18)4-11(19)6-12/h2-7H,1H3,(H2,21,22,25). The molecule has 0 spiro atoms.